The Bertz CT molecular complexity index is 877. The lowest BCUT2D eigenvalue weighted by atomic mass is 10.1. The summed E-state index contributed by atoms with van der Waals surface area (Å²) >= 11 is 0. The van der Waals surface area contributed by atoms with Crippen molar-refractivity contribution in [3.8, 4) is 5.75 Å². The van der Waals surface area contributed by atoms with Gasteiger partial charge in [0.15, 0.2) is 0 Å². The minimum absolute atomic E-state index is 0.286. The fraction of sp³-hybridized carbons (Fsp3) is 0.111. The van der Waals surface area contributed by atoms with Gasteiger partial charge >= 0.3 is 0 Å². The maximum absolute atomic E-state index is 13.1. The van der Waals surface area contributed by atoms with Crippen LogP contribution in [0.5, 0.6) is 5.75 Å². The van der Waals surface area contributed by atoms with Gasteiger partial charge in [-0.3, -0.25) is 10.4 Å². The van der Waals surface area contributed by atoms with Gasteiger partial charge in [-0.2, -0.15) is 5.10 Å². The molecule has 3 aromatic rings. The second-order valence-corrected chi connectivity index (χ2v) is 5.12. The first-order valence-corrected chi connectivity index (χ1v) is 7.16. The van der Waals surface area contributed by atoms with Crippen molar-refractivity contribution in [1.29, 1.82) is 0 Å². The minimum Gasteiger partial charge on any atom is -0.497 e. The van der Waals surface area contributed by atoms with Gasteiger partial charge in [0.25, 0.3) is 0 Å². The zero-order chi connectivity index (χ0) is 16.2. The van der Waals surface area contributed by atoms with Gasteiger partial charge in [0.1, 0.15) is 11.6 Å². The highest BCUT2D eigenvalue weighted by molar-refractivity contribution is 5.92. The predicted octanol–water partition coefficient (Wildman–Crippen LogP) is 4.14. The quantitative estimate of drug-likeness (QED) is 0.582. The molecule has 116 valence electrons. The fourth-order valence-electron chi connectivity index (χ4n) is 2.32. The van der Waals surface area contributed by atoms with Crippen LogP contribution >= 0.6 is 0 Å². The van der Waals surface area contributed by atoms with Crippen LogP contribution in [0.25, 0.3) is 10.9 Å². The van der Waals surface area contributed by atoms with Crippen LogP contribution in [0.2, 0.25) is 0 Å². The number of rotatable bonds is 4. The summed E-state index contributed by atoms with van der Waals surface area (Å²) in [5, 5.41) is 5.12. The highest BCUT2D eigenvalue weighted by Gasteiger charge is 2.05. The monoisotopic (exact) mass is 309 g/mol. The van der Waals surface area contributed by atoms with Crippen LogP contribution in [-0.4, -0.2) is 18.3 Å². The average Bonchev–Trinajstić information content (AvgIpc) is 2.54. The number of hydrogen-bond donors (Lipinski definition) is 1. The summed E-state index contributed by atoms with van der Waals surface area (Å²) in [5.74, 6) is 0.469. The van der Waals surface area contributed by atoms with E-state index in [1.54, 1.807) is 25.5 Å². The van der Waals surface area contributed by atoms with Gasteiger partial charge in [0.05, 0.1) is 24.5 Å². The molecule has 1 N–H and O–H groups in total. The first kappa shape index (κ1) is 15.0. The Hall–Kier alpha value is -2.95. The van der Waals surface area contributed by atoms with E-state index in [0.717, 1.165) is 28.0 Å². The number of methoxy groups -OCH3 is 1. The molecule has 23 heavy (non-hydrogen) atoms. The molecule has 0 unspecified atom stereocenters. The van der Waals surface area contributed by atoms with E-state index in [-0.39, 0.29) is 5.82 Å². The first-order chi connectivity index (χ1) is 11.2. The van der Waals surface area contributed by atoms with Crippen LogP contribution < -0.4 is 10.2 Å². The van der Waals surface area contributed by atoms with E-state index in [4.69, 9.17) is 4.74 Å². The van der Waals surface area contributed by atoms with Crippen LogP contribution in [0.15, 0.2) is 53.6 Å². The lowest BCUT2D eigenvalue weighted by Crippen LogP contribution is -1.95. The van der Waals surface area contributed by atoms with Gasteiger partial charge in [0, 0.05) is 17.1 Å². The standard InChI is InChI=1S/C18H16FN3O/c1-12-8-18(16-7-6-15(23-2)10-17(16)21-12)22-20-11-13-4-3-5-14(19)9-13/h3-11H,1-2H3,(H,21,22). The van der Waals surface area contributed by atoms with E-state index < -0.39 is 0 Å². The molecule has 5 heteroatoms. The van der Waals surface area contributed by atoms with Crippen molar-refractivity contribution in [2.75, 3.05) is 12.5 Å². The van der Waals surface area contributed by atoms with Crippen molar-refractivity contribution in [3.05, 3.63) is 65.6 Å². The molecular weight excluding hydrogens is 293 g/mol. The Balaban J connectivity index is 1.90. The molecule has 0 amide bonds. The summed E-state index contributed by atoms with van der Waals surface area (Å²) in [6.07, 6.45) is 1.58. The van der Waals surface area contributed by atoms with Crippen LogP contribution in [0, 0.1) is 12.7 Å². The van der Waals surface area contributed by atoms with Crippen LogP contribution in [0.1, 0.15) is 11.3 Å². The molecule has 0 fully saturated rings. The number of nitrogens with zero attached hydrogens (tertiary/aromatic N) is 2. The van der Waals surface area contributed by atoms with Crippen LogP contribution in [-0.2, 0) is 0 Å². The molecule has 0 radical (unpaired) electrons. The Labute approximate surface area is 133 Å². The summed E-state index contributed by atoms with van der Waals surface area (Å²) < 4.78 is 18.4. The Morgan fingerprint density at radius 3 is 2.83 bits per heavy atom. The number of ether oxygens (including phenoxy) is 1. The molecule has 1 aromatic heterocycles. The topological polar surface area (TPSA) is 46.5 Å². The summed E-state index contributed by atoms with van der Waals surface area (Å²) in [5.41, 5.74) is 6.22. The Morgan fingerprint density at radius 1 is 1.17 bits per heavy atom. The normalized spacial score (nSPS) is 11.1. The smallest absolute Gasteiger partial charge is 0.123 e. The summed E-state index contributed by atoms with van der Waals surface area (Å²) in [4.78, 5) is 4.50. The number of hydrogen-bond acceptors (Lipinski definition) is 4. The van der Waals surface area contributed by atoms with Crippen molar-refractivity contribution in [2.24, 2.45) is 5.10 Å². The third kappa shape index (κ3) is 3.45. The maximum atomic E-state index is 13.1. The van der Waals surface area contributed by atoms with Crippen molar-refractivity contribution in [3.63, 3.8) is 0 Å². The highest BCUT2D eigenvalue weighted by Crippen LogP contribution is 2.26. The first-order valence-electron chi connectivity index (χ1n) is 7.16. The second-order valence-electron chi connectivity index (χ2n) is 5.12. The molecule has 3 rings (SSSR count). The third-order valence-electron chi connectivity index (χ3n) is 3.39. The van der Waals surface area contributed by atoms with E-state index in [2.05, 4.69) is 15.5 Å². The van der Waals surface area contributed by atoms with Gasteiger partial charge < -0.3 is 4.74 Å². The summed E-state index contributed by atoms with van der Waals surface area (Å²) in [6, 6.07) is 13.9. The molecule has 0 saturated carbocycles. The van der Waals surface area contributed by atoms with Gasteiger partial charge in [-0.15, -0.1) is 0 Å². The number of anilines is 1. The number of aromatic nitrogens is 1. The molecular formula is C18H16FN3O. The average molecular weight is 309 g/mol. The lowest BCUT2D eigenvalue weighted by Gasteiger charge is -2.08. The maximum Gasteiger partial charge on any atom is 0.123 e. The second kappa shape index (κ2) is 6.44. The molecule has 0 aliphatic carbocycles. The van der Waals surface area contributed by atoms with E-state index in [9.17, 15) is 4.39 Å². The Morgan fingerprint density at radius 2 is 2.04 bits per heavy atom. The van der Waals surface area contributed by atoms with Crippen LogP contribution in [0.3, 0.4) is 0 Å². The van der Waals surface area contributed by atoms with E-state index in [0.29, 0.717) is 5.56 Å². The number of fused-ring (bicyclic) bond motifs is 1. The third-order valence-corrected chi connectivity index (χ3v) is 3.39. The predicted molar refractivity (Wildman–Crippen MR) is 90.6 cm³/mol. The summed E-state index contributed by atoms with van der Waals surface area (Å²) in [7, 11) is 1.62. The highest BCUT2D eigenvalue weighted by atomic mass is 19.1. The van der Waals surface area contributed by atoms with Crippen molar-refractivity contribution in [2.45, 2.75) is 6.92 Å². The van der Waals surface area contributed by atoms with Gasteiger partial charge in [-0.25, -0.2) is 4.39 Å². The number of nitrogens with one attached hydrogen (secondary N) is 1. The molecule has 0 aliphatic rings. The SMILES string of the molecule is COc1ccc2c(NN=Cc3cccc(F)c3)cc(C)nc2c1. The lowest BCUT2D eigenvalue weighted by molar-refractivity contribution is 0.415. The molecule has 0 spiro atoms. The zero-order valence-electron chi connectivity index (χ0n) is 12.9. The largest absolute Gasteiger partial charge is 0.497 e. The van der Waals surface area contributed by atoms with Crippen molar-refractivity contribution < 1.29 is 9.13 Å². The minimum atomic E-state index is -0.286. The van der Waals surface area contributed by atoms with E-state index in [1.165, 1.54) is 12.1 Å². The van der Waals surface area contributed by atoms with Gasteiger partial charge in [-0.1, -0.05) is 12.1 Å². The van der Waals surface area contributed by atoms with Gasteiger partial charge in [0.2, 0.25) is 0 Å². The number of benzene rings is 2. The van der Waals surface area contributed by atoms with Gasteiger partial charge in [-0.05, 0) is 42.8 Å². The number of pyridine rings is 1. The number of hydrazone groups is 1. The molecule has 4 nitrogen and oxygen atoms in total. The van der Waals surface area contributed by atoms with Crippen LogP contribution in [0.4, 0.5) is 10.1 Å². The molecule has 0 atom stereocenters. The number of aryl methyl sites for hydroxylation is 1. The molecule has 2 aromatic carbocycles. The Kier molecular flexibility index (Phi) is 4.19. The van der Waals surface area contributed by atoms with E-state index >= 15 is 0 Å². The van der Waals surface area contributed by atoms with Crippen molar-refractivity contribution >= 4 is 22.8 Å². The van der Waals surface area contributed by atoms with E-state index in [1.807, 2.05) is 31.2 Å². The fourth-order valence-corrected chi connectivity index (χ4v) is 2.32. The number of halogens is 1. The molecule has 0 aliphatic heterocycles. The summed E-state index contributed by atoms with van der Waals surface area (Å²) in [6.45, 7) is 1.92. The van der Waals surface area contributed by atoms with Crippen molar-refractivity contribution in [1.82, 2.24) is 4.98 Å². The molecule has 0 saturated heterocycles. The zero-order valence-corrected chi connectivity index (χ0v) is 12.9. The molecule has 0 bridgehead atoms. The molecule has 1 heterocycles.